The smallest absolute Gasteiger partial charge is 0.160 e. The lowest BCUT2D eigenvalue weighted by Crippen LogP contribution is -2.37. The lowest BCUT2D eigenvalue weighted by Gasteiger charge is -1.92. The first-order valence-electron chi connectivity index (χ1n) is 2.86. The second kappa shape index (κ2) is 6.38. The van der Waals surface area contributed by atoms with E-state index < -0.39 is 6.17 Å². The van der Waals surface area contributed by atoms with Crippen LogP contribution in [0.2, 0.25) is 0 Å². The third kappa shape index (κ3) is 26.8. The second-order valence-electron chi connectivity index (χ2n) is 2.04. The van der Waals surface area contributed by atoms with Crippen LogP contribution in [0.1, 0.15) is 20.8 Å². The van der Waals surface area contributed by atoms with Gasteiger partial charge >= 0.3 is 0 Å². The molecule has 0 saturated heterocycles. The highest BCUT2D eigenvalue weighted by atomic mass is 16.1. The van der Waals surface area contributed by atoms with Crippen molar-refractivity contribution in [2.75, 3.05) is 0 Å². The highest BCUT2D eigenvalue weighted by Crippen LogP contribution is 1.62. The van der Waals surface area contributed by atoms with E-state index >= 15 is 0 Å². The molecule has 10 heavy (non-hydrogen) atoms. The zero-order chi connectivity index (χ0) is 8.73. The van der Waals surface area contributed by atoms with Gasteiger partial charge in [-0.3, -0.25) is 4.79 Å². The molecule has 4 N–H and O–H groups in total. The van der Waals surface area contributed by atoms with Crippen LogP contribution in [0.4, 0.5) is 0 Å². The first-order valence-corrected chi connectivity index (χ1v) is 2.86. The highest BCUT2D eigenvalue weighted by Gasteiger charge is 1.95. The topological polar surface area (TPSA) is 86.2 Å². The Kier molecular flexibility index (Phi) is 7.65. The van der Waals surface area contributed by atoms with Crippen molar-refractivity contribution < 1.29 is 9.59 Å². The van der Waals surface area contributed by atoms with E-state index in [9.17, 15) is 9.59 Å². The predicted octanol–water partition coefficient (Wildman–Crippen LogP) is -0.586. The van der Waals surface area contributed by atoms with E-state index in [4.69, 9.17) is 11.5 Å². The molecule has 0 aromatic rings. The maximum absolute atomic E-state index is 9.89. The van der Waals surface area contributed by atoms with Crippen LogP contribution in [0.25, 0.3) is 0 Å². The maximum Gasteiger partial charge on any atom is 0.160 e. The second-order valence-corrected chi connectivity index (χ2v) is 2.04. The van der Waals surface area contributed by atoms with E-state index in [2.05, 4.69) is 0 Å². The van der Waals surface area contributed by atoms with Gasteiger partial charge in [-0.25, -0.2) is 0 Å². The van der Waals surface area contributed by atoms with E-state index in [-0.39, 0.29) is 11.6 Å². The molecule has 0 heterocycles. The minimum Gasteiger partial charge on any atom is -0.310 e. The van der Waals surface area contributed by atoms with Crippen LogP contribution in [0.5, 0.6) is 0 Å². The van der Waals surface area contributed by atoms with Crippen LogP contribution in [-0.4, -0.2) is 17.7 Å². The summed E-state index contributed by atoms with van der Waals surface area (Å²) in [4.78, 5) is 19.3. The van der Waals surface area contributed by atoms with Crippen molar-refractivity contribution in [3.8, 4) is 0 Å². The van der Waals surface area contributed by atoms with Gasteiger partial charge in [0.2, 0.25) is 0 Å². The molecule has 0 aromatic carbocycles. The third-order valence-corrected chi connectivity index (χ3v) is 0.469. The molecule has 4 heteroatoms. The molecule has 0 atom stereocenters. The van der Waals surface area contributed by atoms with E-state index in [0.717, 1.165) is 0 Å². The van der Waals surface area contributed by atoms with E-state index in [1.54, 1.807) is 0 Å². The summed E-state index contributed by atoms with van der Waals surface area (Å²) in [5, 5.41) is 0. The molecule has 0 amide bonds. The normalized spacial score (nSPS) is 8.20. The standard InChI is InChI=1S/C3H8N2O.C3H6O/c1-2(6)3(4)5;1-3(2)4/h3H,4-5H2,1H3;1-2H3. The number of carbonyl (C=O) groups excluding carboxylic acids is 2. The number of ketones is 2. The highest BCUT2D eigenvalue weighted by molar-refractivity contribution is 5.80. The van der Waals surface area contributed by atoms with Crippen LogP contribution in [0.3, 0.4) is 0 Å². The van der Waals surface area contributed by atoms with Gasteiger partial charge in [0, 0.05) is 0 Å². The molecular formula is C6H14N2O2. The average Bonchev–Trinajstić information content (AvgIpc) is 1.63. The van der Waals surface area contributed by atoms with E-state index in [1.165, 1.54) is 20.8 Å². The van der Waals surface area contributed by atoms with E-state index in [0.29, 0.717) is 0 Å². The van der Waals surface area contributed by atoms with Gasteiger partial charge in [0.25, 0.3) is 0 Å². The Morgan fingerprint density at radius 3 is 1.20 bits per heavy atom. The first kappa shape index (κ1) is 12.0. The maximum atomic E-state index is 9.89. The molecule has 0 aliphatic carbocycles. The summed E-state index contributed by atoms with van der Waals surface area (Å²) in [5.74, 6) is -0.0185. The lowest BCUT2D eigenvalue weighted by atomic mass is 10.4. The van der Waals surface area contributed by atoms with Gasteiger partial charge in [-0.1, -0.05) is 0 Å². The number of carbonyl (C=O) groups is 2. The number of nitrogens with two attached hydrogens (primary N) is 2. The Bertz CT molecular complexity index is 117. The fraction of sp³-hybridized carbons (Fsp3) is 0.667. The summed E-state index contributed by atoms with van der Waals surface area (Å²) >= 11 is 0. The molecular weight excluding hydrogens is 132 g/mol. The van der Waals surface area contributed by atoms with Crippen molar-refractivity contribution in [1.29, 1.82) is 0 Å². The zero-order valence-electron chi connectivity index (χ0n) is 6.55. The molecule has 0 saturated carbocycles. The van der Waals surface area contributed by atoms with Crippen molar-refractivity contribution >= 4 is 11.6 Å². The summed E-state index contributed by atoms with van der Waals surface area (Å²) in [5.41, 5.74) is 9.73. The fourth-order valence-corrected chi connectivity index (χ4v) is 0. The van der Waals surface area contributed by atoms with Gasteiger partial charge in [-0.05, 0) is 20.8 Å². The van der Waals surface area contributed by atoms with Gasteiger partial charge < -0.3 is 16.3 Å². The molecule has 4 nitrogen and oxygen atoms in total. The number of hydrogen-bond acceptors (Lipinski definition) is 4. The van der Waals surface area contributed by atoms with Gasteiger partial charge in [0.15, 0.2) is 5.78 Å². The van der Waals surface area contributed by atoms with Crippen molar-refractivity contribution in [3.05, 3.63) is 0 Å². The van der Waals surface area contributed by atoms with Crippen molar-refractivity contribution in [2.45, 2.75) is 26.9 Å². The summed E-state index contributed by atoms with van der Waals surface area (Å²) < 4.78 is 0. The quantitative estimate of drug-likeness (QED) is 0.484. The molecule has 0 radical (unpaired) electrons. The number of rotatable bonds is 1. The Balaban J connectivity index is 0. The largest absolute Gasteiger partial charge is 0.310 e. The van der Waals surface area contributed by atoms with E-state index in [1.807, 2.05) is 0 Å². The Morgan fingerprint density at radius 2 is 1.20 bits per heavy atom. The average molecular weight is 146 g/mol. The molecule has 0 rings (SSSR count). The Morgan fingerprint density at radius 1 is 1.10 bits per heavy atom. The number of hydrogen-bond donors (Lipinski definition) is 2. The predicted molar refractivity (Wildman–Crippen MR) is 39.2 cm³/mol. The van der Waals surface area contributed by atoms with Crippen LogP contribution >= 0.6 is 0 Å². The first-order chi connectivity index (χ1) is 4.37. The molecule has 60 valence electrons. The molecule has 0 fully saturated rings. The summed E-state index contributed by atoms with van der Waals surface area (Å²) in [6.07, 6.45) is -0.787. The molecule has 0 aliphatic heterocycles. The van der Waals surface area contributed by atoms with Crippen LogP contribution in [0, 0.1) is 0 Å². The van der Waals surface area contributed by atoms with Crippen LogP contribution in [-0.2, 0) is 9.59 Å². The summed E-state index contributed by atoms with van der Waals surface area (Å²) in [7, 11) is 0. The number of Topliss-reactive ketones (excluding diaryl/α,β-unsaturated/α-hetero) is 2. The van der Waals surface area contributed by atoms with Gasteiger partial charge in [0.05, 0.1) is 0 Å². The molecule has 0 spiro atoms. The molecule has 0 bridgehead atoms. The van der Waals surface area contributed by atoms with Gasteiger partial charge in [-0.2, -0.15) is 0 Å². The van der Waals surface area contributed by atoms with Crippen molar-refractivity contribution in [1.82, 2.24) is 0 Å². The minimum absolute atomic E-state index is 0.167. The molecule has 0 unspecified atom stereocenters. The minimum atomic E-state index is -0.787. The van der Waals surface area contributed by atoms with Gasteiger partial charge in [-0.15, -0.1) is 0 Å². The summed E-state index contributed by atoms with van der Waals surface area (Å²) in [6.45, 7) is 4.41. The Labute approximate surface area is 60.6 Å². The monoisotopic (exact) mass is 146 g/mol. The Hall–Kier alpha value is -0.740. The van der Waals surface area contributed by atoms with Gasteiger partial charge in [0.1, 0.15) is 11.9 Å². The fourth-order valence-electron chi connectivity index (χ4n) is 0. The SMILES string of the molecule is CC(=O)C(N)N.CC(C)=O. The van der Waals surface area contributed by atoms with Crippen LogP contribution < -0.4 is 11.5 Å². The molecule has 0 aliphatic rings. The third-order valence-electron chi connectivity index (χ3n) is 0.469. The van der Waals surface area contributed by atoms with Crippen molar-refractivity contribution in [2.24, 2.45) is 11.5 Å². The zero-order valence-corrected chi connectivity index (χ0v) is 6.55. The molecule has 0 aromatic heterocycles. The lowest BCUT2D eigenvalue weighted by molar-refractivity contribution is -0.118. The summed E-state index contributed by atoms with van der Waals surface area (Å²) in [6, 6.07) is 0. The van der Waals surface area contributed by atoms with Crippen molar-refractivity contribution in [3.63, 3.8) is 0 Å². The van der Waals surface area contributed by atoms with Crippen LogP contribution in [0.15, 0.2) is 0 Å².